The first kappa shape index (κ1) is 7.61. The van der Waals surface area contributed by atoms with Crippen LogP contribution >= 0.6 is 11.8 Å². The van der Waals surface area contributed by atoms with Gasteiger partial charge in [-0.1, -0.05) is 0 Å². The van der Waals surface area contributed by atoms with Crippen LogP contribution < -0.4 is 5.32 Å². The molecule has 0 bridgehead atoms. The molecule has 3 nitrogen and oxygen atoms in total. The van der Waals surface area contributed by atoms with Crippen LogP contribution in [0, 0.1) is 0 Å². The van der Waals surface area contributed by atoms with E-state index in [0.717, 1.165) is 29.2 Å². The number of nitrogens with zero attached hydrogens (tertiary/aromatic N) is 1. The second-order valence-corrected chi connectivity index (χ2v) is 3.64. The molecule has 1 aliphatic rings. The Labute approximate surface area is 74.6 Å². The Bertz CT molecular complexity index is 314. The lowest BCUT2D eigenvalue weighted by Crippen LogP contribution is -2.10. The number of carbonyl (C=O) groups is 1. The van der Waals surface area contributed by atoms with Crippen molar-refractivity contribution in [2.45, 2.75) is 4.90 Å². The molecule has 1 N–H and O–H groups in total. The molecule has 1 aliphatic heterocycles. The largest absolute Gasteiger partial charge is 0.383 e. The van der Waals surface area contributed by atoms with Crippen molar-refractivity contribution in [2.24, 2.45) is 0 Å². The summed E-state index contributed by atoms with van der Waals surface area (Å²) in [5.41, 5.74) is 1.52. The van der Waals surface area contributed by atoms with Gasteiger partial charge in [-0.05, 0) is 6.07 Å². The zero-order valence-electron chi connectivity index (χ0n) is 6.41. The van der Waals surface area contributed by atoms with Crippen LogP contribution in [0.1, 0.15) is 10.5 Å². The minimum Gasteiger partial charge on any atom is -0.383 e. The van der Waals surface area contributed by atoms with Crippen LogP contribution in [0.15, 0.2) is 17.2 Å². The second kappa shape index (κ2) is 3.15. The van der Waals surface area contributed by atoms with Gasteiger partial charge in [-0.2, -0.15) is 0 Å². The van der Waals surface area contributed by atoms with Crippen LogP contribution in [0.2, 0.25) is 0 Å². The molecule has 0 aromatic carbocycles. The van der Waals surface area contributed by atoms with Crippen molar-refractivity contribution in [2.75, 3.05) is 17.6 Å². The van der Waals surface area contributed by atoms with E-state index in [1.165, 1.54) is 0 Å². The molecule has 0 saturated heterocycles. The molecular weight excluding hydrogens is 172 g/mol. The predicted octanol–water partition coefficient (Wildman–Crippen LogP) is 1.41. The van der Waals surface area contributed by atoms with Gasteiger partial charge in [-0.25, -0.2) is 0 Å². The van der Waals surface area contributed by atoms with Crippen molar-refractivity contribution >= 4 is 23.7 Å². The molecule has 0 atom stereocenters. The third-order valence-electron chi connectivity index (χ3n) is 1.68. The quantitative estimate of drug-likeness (QED) is 0.663. The lowest BCUT2D eigenvalue weighted by Gasteiger charge is -2.16. The number of anilines is 1. The van der Waals surface area contributed by atoms with Crippen molar-refractivity contribution in [3.05, 3.63) is 18.0 Å². The Morgan fingerprint density at radius 2 is 2.58 bits per heavy atom. The monoisotopic (exact) mass is 180 g/mol. The Morgan fingerprint density at radius 3 is 3.42 bits per heavy atom. The smallest absolute Gasteiger partial charge is 0.168 e. The minimum atomic E-state index is 0.490. The number of thioether (sulfide) groups is 1. The molecule has 2 rings (SSSR count). The number of carbonyl (C=O) groups excluding carboxylic acids is 1. The maximum Gasteiger partial charge on any atom is 0.168 e. The summed E-state index contributed by atoms with van der Waals surface area (Å²) in [6.45, 7) is 0.958. The Balaban J connectivity index is 2.42. The molecule has 0 spiro atoms. The lowest BCUT2D eigenvalue weighted by molar-refractivity contribution is 0.111. The molecule has 1 aromatic rings. The van der Waals surface area contributed by atoms with Crippen LogP contribution in [0.25, 0.3) is 0 Å². The summed E-state index contributed by atoms with van der Waals surface area (Å²) in [6, 6.07) is 1.79. The predicted molar refractivity (Wildman–Crippen MR) is 48.8 cm³/mol. The zero-order valence-corrected chi connectivity index (χ0v) is 7.23. The fourth-order valence-corrected chi connectivity index (χ4v) is 1.96. The van der Waals surface area contributed by atoms with E-state index in [1.807, 2.05) is 0 Å². The van der Waals surface area contributed by atoms with Crippen molar-refractivity contribution in [1.82, 2.24) is 4.98 Å². The highest BCUT2D eigenvalue weighted by Crippen LogP contribution is 2.29. The summed E-state index contributed by atoms with van der Waals surface area (Å²) >= 11 is 1.77. The first-order chi connectivity index (χ1) is 5.90. The van der Waals surface area contributed by atoms with E-state index in [9.17, 15) is 4.79 Å². The molecule has 62 valence electrons. The van der Waals surface area contributed by atoms with Crippen molar-refractivity contribution in [1.29, 1.82) is 0 Å². The van der Waals surface area contributed by atoms with Gasteiger partial charge in [-0.3, -0.25) is 9.78 Å². The first-order valence-electron chi connectivity index (χ1n) is 3.72. The van der Waals surface area contributed by atoms with E-state index in [4.69, 9.17) is 0 Å². The molecular formula is C8H8N2OS. The molecule has 0 amide bonds. The van der Waals surface area contributed by atoms with Crippen molar-refractivity contribution in [3.63, 3.8) is 0 Å². The van der Waals surface area contributed by atoms with E-state index in [2.05, 4.69) is 10.3 Å². The third-order valence-corrected chi connectivity index (χ3v) is 2.73. The molecule has 0 aliphatic carbocycles. The number of hydrogen-bond acceptors (Lipinski definition) is 4. The highest BCUT2D eigenvalue weighted by atomic mass is 32.2. The van der Waals surface area contributed by atoms with Gasteiger partial charge in [0.15, 0.2) is 6.29 Å². The Kier molecular flexibility index (Phi) is 1.99. The fourth-order valence-electron chi connectivity index (χ4n) is 1.12. The van der Waals surface area contributed by atoms with Gasteiger partial charge >= 0.3 is 0 Å². The number of pyridine rings is 1. The summed E-state index contributed by atoms with van der Waals surface area (Å²) in [6.07, 6.45) is 2.51. The van der Waals surface area contributed by atoms with Crippen molar-refractivity contribution in [3.8, 4) is 0 Å². The van der Waals surface area contributed by atoms with Crippen LogP contribution in [0.5, 0.6) is 0 Å². The Hall–Kier alpha value is -1.03. The first-order valence-corrected chi connectivity index (χ1v) is 4.70. The van der Waals surface area contributed by atoms with E-state index in [-0.39, 0.29) is 0 Å². The summed E-state index contributed by atoms with van der Waals surface area (Å²) in [5.74, 6) is 1.06. The number of rotatable bonds is 1. The normalized spacial score (nSPS) is 14.7. The number of nitrogens with one attached hydrogen (secondary N) is 1. The van der Waals surface area contributed by atoms with E-state index in [1.54, 1.807) is 24.0 Å². The molecule has 0 saturated carbocycles. The highest BCUT2D eigenvalue weighted by Gasteiger charge is 2.09. The number of fused-ring (bicyclic) bond motifs is 1. The van der Waals surface area contributed by atoms with Gasteiger partial charge in [-0.15, -0.1) is 11.8 Å². The van der Waals surface area contributed by atoms with E-state index >= 15 is 0 Å². The molecule has 2 heterocycles. The maximum atomic E-state index is 10.4. The fraction of sp³-hybridized carbons (Fsp3) is 0.250. The molecule has 0 radical (unpaired) electrons. The summed E-state index contributed by atoms with van der Waals surface area (Å²) in [7, 11) is 0. The van der Waals surface area contributed by atoms with Gasteiger partial charge in [0.05, 0.1) is 5.69 Å². The average molecular weight is 180 g/mol. The second-order valence-electron chi connectivity index (χ2n) is 2.50. The maximum absolute atomic E-state index is 10.4. The van der Waals surface area contributed by atoms with Crippen LogP contribution in [-0.2, 0) is 0 Å². The van der Waals surface area contributed by atoms with Crippen LogP contribution in [-0.4, -0.2) is 23.6 Å². The SMILES string of the molecule is O=Cc1cc2c(cn1)SCCN2. The lowest BCUT2D eigenvalue weighted by atomic mass is 10.3. The molecule has 1 aromatic heterocycles. The minimum absolute atomic E-state index is 0.490. The molecule has 4 heteroatoms. The van der Waals surface area contributed by atoms with Gasteiger partial charge in [0, 0.05) is 23.4 Å². The number of aldehydes is 1. The van der Waals surface area contributed by atoms with Gasteiger partial charge in [0.2, 0.25) is 0 Å². The standard InChI is InChI=1S/C8H8N2OS/c11-5-6-3-7-8(4-10-6)12-2-1-9-7/h3-5,9H,1-2H2. The molecule has 0 unspecified atom stereocenters. The number of aromatic nitrogens is 1. The van der Waals surface area contributed by atoms with Gasteiger partial charge in [0.1, 0.15) is 5.69 Å². The average Bonchev–Trinajstić information content (AvgIpc) is 2.17. The topological polar surface area (TPSA) is 42.0 Å². The van der Waals surface area contributed by atoms with Crippen LogP contribution in [0.4, 0.5) is 5.69 Å². The summed E-state index contributed by atoms with van der Waals surface area (Å²) in [4.78, 5) is 15.5. The van der Waals surface area contributed by atoms with Gasteiger partial charge in [0.25, 0.3) is 0 Å². The summed E-state index contributed by atoms with van der Waals surface area (Å²) in [5, 5.41) is 3.22. The molecule has 12 heavy (non-hydrogen) atoms. The molecule has 0 fully saturated rings. The van der Waals surface area contributed by atoms with E-state index < -0.39 is 0 Å². The zero-order chi connectivity index (χ0) is 8.39. The Morgan fingerprint density at radius 1 is 1.67 bits per heavy atom. The summed E-state index contributed by atoms with van der Waals surface area (Å²) < 4.78 is 0. The van der Waals surface area contributed by atoms with Crippen LogP contribution in [0.3, 0.4) is 0 Å². The van der Waals surface area contributed by atoms with Gasteiger partial charge < -0.3 is 5.32 Å². The van der Waals surface area contributed by atoms with Crippen molar-refractivity contribution < 1.29 is 4.79 Å². The number of hydrogen-bond donors (Lipinski definition) is 1. The highest BCUT2D eigenvalue weighted by molar-refractivity contribution is 7.99. The van der Waals surface area contributed by atoms with E-state index in [0.29, 0.717) is 5.69 Å². The third kappa shape index (κ3) is 1.30.